The largest absolute Gasteiger partial charge is 0.340 e. The van der Waals surface area contributed by atoms with Crippen LogP contribution in [0.4, 0.5) is 11.5 Å². The van der Waals surface area contributed by atoms with Gasteiger partial charge >= 0.3 is 5.69 Å². The third-order valence-corrected chi connectivity index (χ3v) is 5.19. The molecule has 0 aliphatic rings. The monoisotopic (exact) mass is 421 g/mol. The lowest BCUT2D eigenvalue weighted by Crippen LogP contribution is -2.24. The number of benzene rings is 2. The van der Waals surface area contributed by atoms with Crippen molar-refractivity contribution in [1.29, 1.82) is 0 Å². The summed E-state index contributed by atoms with van der Waals surface area (Å²) in [6.45, 7) is 1.22. The zero-order chi connectivity index (χ0) is 21.9. The van der Waals surface area contributed by atoms with Crippen LogP contribution in [0.5, 0.6) is 0 Å². The lowest BCUT2D eigenvalue weighted by molar-refractivity contribution is 0.562. The second-order valence-corrected chi connectivity index (χ2v) is 7.22. The van der Waals surface area contributed by atoms with Crippen LogP contribution in [-0.4, -0.2) is 28.7 Å². The molecule has 5 aromatic rings. The van der Waals surface area contributed by atoms with Crippen molar-refractivity contribution >= 4 is 22.4 Å². The van der Waals surface area contributed by atoms with Crippen LogP contribution in [0.25, 0.3) is 16.6 Å². The Labute approximate surface area is 183 Å². The number of nitrogens with zero attached hydrogens (tertiary/aromatic N) is 6. The molecule has 32 heavy (non-hydrogen) atoms. The summed E-state index contributed by atoms with van der Waals surface area (Å²) >= 11 is 0. The molecule has 0 atom stereocenters. The van der Waals surface area contributed by atoms with Crippen molar-refractivity contribution in [3.63, 3.8) is 0 Å². The van der Waals surface area contributed by atoms with E-state index in [9.17, 15) is 4.79 Å². The van der Waals surface area contributed by atoms with E-state index in [0.29, 0.717) is 18.9 Å². The molecule has 1 N–H and O–H groups in total. The zero-order valence-corrected chi connectivity index (χ0v) is 17.1. The highest BCUT2D eigenvalue weighted by Crippen LogP contribution is 2.25. The maximum atomic E-state index is 12.9. The van der Waals surface area contributed by atoms with Gasteiger partial charge in [0.25, 0.3) is 0 Å². The minimum atomic E-state index is -0.113. The average molecular weight is 421 g/mol. The Balaban J connectivity index is 1.47. The van der Waals surface area contributed by atoms with Gasteiger partial charge in [0, 0.05) is 54.5 Å². The number of hydrogen-bond donors (Lipinski definition) is 1. The molecule has 0 aliphatic carbocycles. The number of nitrogens with one attached hydrogen (secondary N) is 1. The Bertz CT molecular complexity index is 1490. The van der Waals surface area contributed by atoms with Crippen molar-refractivity contribution in [2.75, 3.05) is 5.32 Å². The Morgan fingerprint density at radius 1 is 1.03 bits per heavy atom. The van der Waals surface area contributed by atoms with Crippen molar-refractivity contribution in [3.05, 3.63) is 96.0 Å². The molecule has 0 fully saturated rings. The Hall–Kier alpha value is -4.64. The quantitative estimate of drug-likeness (QED) is 0.426. The van der Waals surface area contributed by atoms with Crippen LogP contribution in [0.15, 0.2) is 84.7 Å². The molecule has 0 amide bonds. The number of anilines is 2. The summed E-state index contributed by atoms with van der Waals surface area (Å²) in [5.74, 6) is 3.27. The number of fused-ring (bicyclic) bond motifs is 1. The van der Waals surface area contributed by atoms with Gasteiger partial charge in [-0.05, 0) is 36.4 Å². The van der Waals surface area contributed by atoms with Crippen LogP contribution >= 0.6 is 0 Å². The predicted molar refractivity (Wildman–Crippen MR) is 123 cm³/mol. The second-order valence-electron chi connectivity index (χ2n) is 7.22. The van der Waals surface area contributed by atoms with Crippen LogP contribution in [0.3, 0.4) is 0 Å². The Kier molecular flexibility index (Phi) is 4.98. The van der Waals surface area contributed by atoms with E-state index in [0.717, 1.165) is 27.8 Å². The number of aromatic nitrogens is 6. The third-order valence-electron chi connectivity index (χ3n) is 5.19. The maximum Gasteiger partial charge on any atom is 0.332 e. The molecule has 0 saturated heterocycles. The SMILES string of the molecule is C#Cc1cccc(Nc2ncnc3ccc(-n4ccn(CCn5ccnc5)c4=O)cc23)c1. The van der Waals surface area contributed by atoms with Crippen molar-refractivity contribution in [2.45, 2.75) is 13.1 Å². The van der Waals surface area contributed by atoms with Gasteiger partial charge in [0.15, 0.2) is 0 Å². The molecule has 0 radical (unpaired) electrons. The highest BCUT2D eigenvalue weighted by atomic mass is 16.1. The topological polar surface area (TPSA) is 82.6 Å². The molecule has 8 heteroatoms. The van der Waals surface area contributed by atoms with Crippen molar-refractivity contribution in [2.24, 2.45) is 0 Å². The van der Waals surface area contributed by atoms with E-state index in [1.165, 1.54) is 6.33 Å². The van der Waals surface area contributed by atoms with Gasteiger partial charge in [-0.15, -0.1) is 6.42 Å². The van der Waals surface area contributed by atoms with Crippen LogP contribution < -0.4 is 11.0 Å². The van der Waals surface area contributed by atoms with Gasteiger partial charge in [-0.2, -0.15) is 0 Å². The van der Waals surface area contributed by atoms with E-state index in [-0.39, 0.29) is 5.69 Å². The molecule has 0 bridgehead atoms. The molecule has 8 nitrogen and oxygen atoms in total. The highest BCUT2D eigenvalue weighted by molar-refractivity contribution is 5.92. The smallest absolute Gasteiger partial charge is 0.332 e. The van der Waals surface area contributed by atoms with E-state index in [1.54, 1.807) is 34.1 Å². The van der Waals surface area contributed by atoms with Gasteiger partial charge in [-0.3, -0.25) is 9.13 Å². The number of hydrogen-bond acceptors (Lipinski definition) is 5. The molecular formula is C24H19N7O. The van der Waals surface area contributed by atoms with Crippen LogP contribution in [0.2, 0.25) is 0 Å². The van der Waals surface area contributed by atoms with Crippen molar-refractivity contribution in [3.8, 4) is 18.0 Å². The molecule has 156 valence electrons. The van der Waals surface area contributed by atoms with Crippen LogP contribution in [0, 0.1) is 12.3 Å². The van der Waals surface area contributed by atoms with Gasteiger partial charge in [-0.1, -0.05) is 12.0 Å². The van der Waals surface area contributed by atoms with Crippen molar-refractivity contribution in [1.82, 2.24) is 28.7 Å². The number of rotatable bonds is 6. The fraction of sp³-hybridized carbons (Fsp3) is 0.0833. The predicted octanol–water partition coefficient (Wildman–Crippen LogP) is 3.20. The van der Waals surface area contributed by atoms with Gasteiger partial charge in [0.2, 0.25) is 0 Å². The summed E-state index contributed by atoms with van der Waals surface area (Å²) in [6.07, 6.45) is 15.9. The van der Waals surface area contributed by atoms with Crippen LogP contribution in [-0.2, 0) is 13.1 Å². The first-order valence-electron chi connectivity index (χ1n) is 10.0. The summed E-state index contributed by atoms with van der Waals surface area (Å²) in [5, 5.41) is 4.11. The average Bonchev–Trinajstić information content (AvgIpc) is 3.47. The van der Waals surface area contributed by atoms with E-state index in [1.807, 2.05) is 53.2 Å². The first-order chi connectivity index (χ1) is 15.7. The summed E-state index contributed by atoms with van der Waals surface area (Å²) in [5.41, 5.74) is 3.00. The molecule has 0 saturated carbocycles. The summed E-state index contributed by atoms with van der Waals surface area (Å²) in [7, 11) is 0. The first-order valence-corrected chi connectivity index (χ1v) is 10.0. The van der Waals surface area contributed by atoms with Gasteiger partial charge < -0.3 is 9.88 Å². The Morgan fingerprint density at radius 2 is 1.97 bits per heavy atom. The lowest BCUT2D eigenvalue weighted by Gasteiger charge is -2.10. The first kappa shape index (κ1) is 19.3. The Morgan fingerprint density at radius 3 is 2.81 bits per heavy atom. The standard InChI is InChI=1S/C24H19N7O/c1-2-18-4-3-5-19(14-18)28-23-21-15-20(6-7-22(21)26-16-27-23)31-13-12-30(24(31)32)11-10-29-9-8-25-17-29/h1,3-9,12-17H,10-11H2,(H,26,27,28). The number of aryl methyl sites for hydroxylation is 2. The fourth-order valence-corrected chi connectivity index (χ4v) is 3.54. The second kappa shape index (κ2) is 8.24. The van der Waals surface area contributed by atoms with E-state index in [2.05, 4.69) is 26.2 Å². The van der Waals surface area contributed by atoms with E-state index in [4.69, 9.17) is 6.42 Å². The third kappa shape index (κ3) is 3.75. The zero-order valence-electron chi connectivity index (χ0n) is 17.1. The van der Waals surface area contributed by atoms with Gasteiger partial charge in [0.1, 0.15) is 12.1 Å². The van der Waals surface area contributed by atoms with Gasteiger partial charge in [-0.25, -0.2) is 19.7 Å². The van der Waals surface area contributed by atoms with E-state index < -0.39 is 0 Å². The minimum absolute atomic E-state index is 0.113. The summed E-state index contributed by atoms with van der Waals surface area (Å²) < 4.78 is 5.23. The molecule has 3 aromatic heterocycles. The summed E-state index contributed by atoms with van der Waals surface area (Å²) in [4.78, 5) is 25.7. The molecule has 0 spiro atoms. The van der Waals surface area contributed by atoms with E-state index >= 15 is 0 Å². The number of terminal acetylenes is 1. The number of imidazole rings is 2. The van der Waals surface area contributed by atoms with Crippen molar-refractivity contribution < 1.29 is 0 Å². The molecule has 5 rings (SSSR count). The molecule has 0 aliphatic heterocycles. The fourth-order valence-electron chi connectivity index (χ4n) is 3.54. The highest BCUT2D eigenvalue weighted by Gasteiger charge is 2.10. The molecular weight excluding hydrogens is 402 g/mol. The maximum absolute atomic E-state index is 12.9. The summed E-state index contributed by atoms with van der Waals surface area (Å²) in [6, 6.07) is 13.2. The minimum Gasteiger partial charge on any atom is -0.340 e. The molecule has 2 aromatic carbocycles. The van der Waals surface area contributed by atoms with Crippen LogP contribution in [0.1, 0.15) is 5.56 Å². The molecule has 3 heterocycles. The van der Waals surface area contributed by atoms with Gasteiger partial charge in [0.05, 0.1) is 17.5 Å². The molecule has 0 unspecified atom stereocenters. The lowest BCUT2D eigenvalue weighted by atomic mass is 10.2. The normalized spacial score (nSPS) is 10.8.